The van der Waals surface area contributed by atoms with Crippen molar-refractivity contribution in [3.8, 4) is 5.75 Å². The lowest BCUT2D eigenvalue weighted by Gasteiger charge is -2.10. The number of ether oxygens (including phenoxy) is 1. The molecule has 9 heteroatoms. The van der Waals surface area contributed by atoms with E-state index in [0.717, 1.165) is 18.2 Å². The van der Waals surface area contributed by atoms with Gasteiger partial charge < -0.3 is 4.74 Å². The second-order valence-electron chi connectivity index (χ2n) is 3.63. The summed E-state index contributed by atoms with van der Waals surface area (Å²) in [6.45, 7) is -0.116. The van der Waals surface area contributed by atoms with Crippen LogP contribution in [0.3, 0.4) is 0 Å². The molecule has 0 spiro atoms. The van der Waals surface area contributed by atoms with Crippen LogP contribution in [0.2, 0.25) is 5.02 Å². The number of hydrogen-bond donors (Lipinski definition) is 0. The summed E-state index contributed by atoms with van der Waals surface area (Å²) in [5, 5.41) is 11.1. The number of aryl methyl sites for hydroxylation is 1. The molecule has 0 saturated carbocycles. The molecule has 2 aromatic rings. The maximum Gasteiger partial charge on any atom is 0.416 e. The van der Waals surface area contributed by atoms with E-state index in [1.807, 2.05) is 0 Å². The molecule has 0 saturated heterocycles. The monoisotopic (exact) mass is 292 g/mol. The lowest BCUT2D eigenvalue weighted by Crippen LogP contribution is -2.06. The van der Waals surface area contributed by atoms with Gasteiger partial charge in [0, 0.05) is 0 Å². The van der Waals surface area contributed by atoms with Gasteiger partial charge in [0.1, 0.15) is 5.75 Å². The summed E-state index contributed by atoms with van der Waals surface area (Å²) in [5.41, 5.74) is -0.834. The van der Waals surface area contributed by atoms with Gasteiger partial charge in [0.15, 0.2) is 6.61 Å². The summed E-state index contributed by atoms with van der Waals surface area (Å²) in [7, 11) is 1.56. The summed E-state index contributed by atoms with van der Waals surface area (Å²) >= 11 is 5.76. The lowest BCUT2D eigenvalue weighted by molar-refractivity contribution is -0.137. The first-order valence-corrected chi connectivity index (χ1v) is 5.46. The van der Waals surface area contributed by atoms with Gasteiger partial charge >= 0.3 is 6.18 Å². The van der Waals surface area contributed by atoms with Crippen molar-refractivity contribution in [3.63, 3.8) is 0 Å². The Labute approximate surface area is 110 Å². The SMILES string of the molecule is Cn1nnc(COc2cc(C(F)(F)F)ccc2Cl)n1. The molecule has 0 aliphatic rings. The Kier molecular flexibility index (Phi) is 3.61. The van der Waals surface area contributed by atoms with Crippen LogP contribution in [-0.2, 0) is 19.8 Å². The van der Waals surface area contributed by atoms with Crippen molar-refractivity contribution in [3.05, 3.63) is 34.6 Å². The van der Waals surface area contributed by atoms with E-state index in [1.54, 1.807) is 7.05 Å². The highest BCUT2D eigenvalue weighted by Gasteiger charge is 2.31. The van der Waals surface area contributed by atoms with Crippen LogP contribution in [0, 0.1) is 0 Å². The van der Waals surface area contributed by atoms with Gasteiger partial charge in [-0.3, -0.25) is 0 Å². The second kappa shape index (κ2) is 5.04. The molecule has 0 fully saturated rings. The predicted molar refractivity (Wildman–Crippen MR) is 59.6 cm³/mol. The molecule has 1 heterocycles. The van der Waals surface area contributed by atoms with E-state index >= 15 is 0 Å². The highest BCUT2D eigenvalue weighted by atomic mass is 35.5. The van der Waals surface area contributed by atoms with Crippen molar-refractivity contribution in [1.29, 1.82) is 0 Å². The summed E-state index contributed by atoms with van der Waals surface area (Å²) in [5.74, 6) is 0.167. The van der Waals surface area contributed by atoms with Crippen LogP contribution in [0.1, 0.15) is 11.4 Å². The van der Waals surface area contributed by atoms with E-state index < -0.39 is 11.7 Å². The number of nitrogens with zero attached hydrogens (tertiary/aromatic N) is 4. The van der Waals surface area contributed by atoms with Crippen LogP contribution in [0.15, 0.2) is 18.2 Å². The Morgan fingerprint density at radius 3 is 2.68 bits per heavy atom. The summed E-state index contributed by atoms with van der Waals surface area (Å²) in [6.07, 6.45) is -4.45. The molecule has 0 aliphatic heterocycles. The smallest absolute Gasteiger partial charge is 0.416 e. The Hall–Kier alpha value is -1.83. The fourth-order valence-electron chi connectivity index (χ4n) is 1.31. The number of aromatic nitrogens is 4. The van der Waals surface area contributed by atoms with Crippen LogP contribution in [0.5, 0.6) is 5.75 Å². The van der Waals surface area contributed by atoms with Crippen LogP contribution >= 0.6 is 11.6 Å². The third-order valence-corrected chi connectivity index (χ3v) is 2.48. The number of halogens is 4. The van der Waals surface area contributed by atoms with Crippen LogP contribution < -0.4 is 4.74 Å². The highest BCUT2D eigenvalue weighted by Crippen LogP contribution is 2.35. The van der Waals surface area contributed by atoms with Crippen molar-refractivity contribution in [2.75, 3.05) is 0 Å². The third-order valence-electron chi connectivity index (χ3n) is 2.17. The van der Waals surface area contributed by atoms with Gasteiger partial charge in [-0.05, 0) is 23.4 Å². The van der Waals surface area contributed by atoms with E-state index in [-0.39, 0.29) is 23.2 Å². The van der Waals surface area contributed by atoms with E-state index in [4.69, 9.17) is 16.3 Å². The maximum atomic E-state index is 12.5. The molecule has 0 aliphatic carbocycles. The fourth-order valence-corrected chi connectivity index (χ4v) is 1.49. The Bertz CT molecular complexity index is 584. The van der Waals surface area contributed by atoms with Gasteiger partial charge in [-0.15, -0.1) is 10.2 Å². The van der Waals surface area contributed by atoms with Gasteiger partial charge in [-0.25, -0.2) is 0 Å². The largest absolute Gasteiger partial charge is 0.484 e. The standard InChI is InChI=1S/C10H8ClF3N4O/c1-18-16-9(15-17-18)5-19-8-4-6(10(12,13)14)2-3-7(8)11/h2-4H,5H2,1H3. The average Bonchev–Trinajstić information content (AvgIpc) is 2.72. The molecule has 0 radical (unpaired) electrons. The van der Waals surface area contributed by atoms with Crippen molar-refractivity contribution in [2.45, 2.75) is 12.8 Å². The van der Waals surface area contributed by atoms with Gasteiger partial charge in [0.05, 0.1) is 17.6 Å². The number of alkyl halides is 3. The van der Waals surface area contributed by atoms with Gasteiger partial charge in [-0.2, -0.15) is 18.0 Å². The Balaban J connectivity index is 2.15. The summed E-state index contributed by atoms with van der Waals surface area (Å²) in [6, 6.07) is 2.85. The molecule has 19 heavy (non-hydrogen) atoms. The number of rotatable bonds is 3. The van der Waals surface area contributed by atoms with Gasteiger partial charge in [0.2, 0.25) is 5.82 Å². The molecule has 5 nitrogen and oxygen atoms in total. The minimum Gasteiger partial charge on any atom is -0.484 e. The zero-order valence-corrected chi connectivity index (χ0v) is 10.4. The number of tetrazole rings is 1. The molecule has 2 rings (SSSR count). The van der Waals surface area contributed by atoms with E-state index in [1.165, 1.54) is 4.80 Å². The molecular formula is C10H8ClF3N4O. The Morgan fingerprint density at radius 2 is 2.11 bits per heavy atom. The van der Waals surface area contributed by atoms with Crippen molar-refractivity contribution in [2.24, 2.45) is 7.05 Å². The second-order valence-corrected chi connectivity index (χ2v) is 4.03. The number of benzene rings is 1. The van der Waals surface area contributed by atoms with Crippen molar-refractivity contribution < 1.29 is 17.9 Å². The average molecular weight is 293 g/mol. The minimum atomic E-state index is -4.45. The predicted octanol–water partition coefficient (Wildman–Crippen LogP) is 2.46. The van der Waals surface area contributed by atoms with E-state index in [2.05, 4.69) is 15.4 Å². The van der Waals surface area contributed by atoms with Crippen LogP contribution in [0.25, 0.3) is 0 Å². The van der Waals surface area contributed by atoms with E-state index in [0.29, 0.717) is 0 Å². The molecule has 1 aromatic heterocycles. The molecular weight excluding hydrogens is 285 g/mol. The number of hydrogen-bond acceptors (Lipinski definition) is 4. The van der Waals surface area contributed by atoms with Gasteiger partial charge in [-0.1, -0.05) is 11.6 Å². The molecule has 0 atom stereocenters. The highest BCUT2D eigenvalue weighted by molar-refractivity contribution is 6.32. The van der Waals surface area contributed by atoms with Crippen molar-refractivity contribution in [1.82, 2.24) is 20.2 Å². The van der Waals surface area contributed by atoms with Crippen LogP contribution in [-0.4, -0.2) is 20.2 Å². The lowest BCUT2D eigenvalue weighted by atomic mass is 10.2. The first kappa shape index (κ1) is 13.6. The zero-order valence-electron chi connectivity index (χ0n) is 9.65. The van der Waals surface area contributed by atoms with Gasteiger partial charge in [0.25, 0.3) is 0 Å². The van der Waals surface area contributed by atoms with Crippen LogP contribution in [0.4, 0.5) is 13.2 Å². The topological polar surface area (TPSA) is 52.8 Å². The summed E-state index contributed by atoms with van der Waals surface area (Å²) < 4.78 is 42.8. The third kappa shape index (κ3) is 3.34. The first-order chi connectivity index (χ1) is 8.86. The minimum absolute atomic E-state index is 0.0797. The Morgan fingerprint density at radius 1 is 1.37 bits per heavy atom. The first-order valence-electron chi connectivity index (χ1n) is 5.08. The molecule has 0 unspecified atom stereocenters. The fraction of sp³-hybridized carbons (Fsp3) is 0.300. The molecule has 0 amide bonds. The maximum absolute atomic E-state index is 12.5. The van der Waals surface area contributed by atoms with Crippen molar-refractivity contribution >= 4 is 11.6 Å². The van der Waals surface area contributed by atoms with E-state index in [9.17, 15) is 13.2 Å². The molecule has 102 valence electrons. The zero-order chi connectivity index (χ0) is 14.0. The molecule has 1 aromatic carbocycles. The normalized spacial score (nSPS) is 11.6. The quantitative estimate of drug-likeness (QED) is 0.872. The molecule has 0 bridgehead atoms. The summed E-state index contributed by atoms with van der Waals surface area (Å²) in [4.78, 5) is 1.21. The molecule has 0 N–H and O–H groups in total.